The third kappa shape index (κ3) is 7.12. The molecule has 3 N–H and O–H groups in total. The molecule has 1 aliphatic carbocycles. The monoisotopic (exact) mass is 607 g/mol. The van der Waals surface area contributed by atoms with Gasteiger partial charge < -0.3 is 34.4 Å². The Bertz CT molecular complexity index is 1590. The molecule has 0 radical (unpaired) electrons. The van der Waals surface area contributed by atoms with Gasteiger partial charge in [-0.05, 0) is 48.1 Å². The van der Waals surface area contributed by atoms with E-state index in [4.69, 9.17) is 10.2 Å². The van der Waals surface area contributed by atoms with Gasteiger partial charge in [0.2, 0.25) is 0 Å². The maximum Gasteiger partial charge on any atom is 0.511 e. The number of nitrogens with zero attached hydrogens (tertiary/aromatic N) is 1. The topological polar surface area (TPSA) is 160 Å². The van der Waals surface area contributed by atoms with E-state index in [9.17, 15) is 41.8 Å². The molecule has 0 saturated heterocycles. The summed E-state index contributed by atoms with van der Waals surface area (Å²) in [6.45, 7) is -0.532. The maximum atomic E-state index is 14.2. The fourth-order valence-corrected chi connectivity index (χ4v) is 4.85. The highest BCUT2D eigenvalue weighted by Crippen LogP contribution is 2.41. The fourth-order valence-electron chi connectivity index (χ4n) is 4.85. The second-order valence-corrected chi connectivity index (χ2v) is 9.25. The summed E-state index contributed by atoms with van der Waals surface area (Å²) in [4.78, 5) is 49.2. The number of rotatable bonds is 7. The first kappa shape index (κ1) is 30.6. The van der Waals surface area contributed by atoms with Crippen LogP contribution in [0.15, 0.2) is 54.6 Å². The average molecular weight is 607 g/mol. The zero-order valence-electron chi connectivity index (χ0n) is 21.8. The number of ether oxygens (including phenoxy) is 3. The number of fused-ring (bicyclic) bond motifs is 1. The second-order valence-electron chi connectivity index (χ2n) is 9.25. The van der Waals surface area contributed by atoms with Crippen LogP contribution in [0.1, 0.15) is 51.5 Å². The normalized spacial score (nSPS) is 14.3. The van der Waals surface area contributed by atoms with Crippen molar-refractivity contribution in [3.8, 4) is 17.2 Å². The lowest BCUT2D eigenvalue weighted by Gasteiger charge is -2.36. The summed E-state index contributed by atoms with van der Waals surface area (Å²) in [5.41, 5.74) is -0.845. The number of aryl methyl sites for hydroxylation is 1. The highest BCUT2D eigenvalue weighted by atomic mass is 19.4. The van der Waals surface area contributed by atoms with Crippen molar-refractivity contribution < 1.29 is 66.3 Å². The summed E-state index contributed by atoms with van der Waals surface area (Å²) in [7, 11) is 0. The van der Waals surface area contributed by atoms with Crippen molar-refractivity contribution in [1.29, 1.82) is 0 Å². The Labute approximate surface area is 239 Å². The molecule has 0 spiro atoms. The lowest BCUT2D eigenvalue weighted by atomic mass is 9.86. The molecule has 0 saturated carbocycles. The van der Waals surface area contributed by atoms with Crippen LogP contribution in [0.5, 0.6) is 17.2 Å². The number of carbonyl (C=O) groups excluding carboxylic acids is 1. The van der Waals surface area contributed by atoms with E-state index in [1.54, 1.807) is 24.3 Å². The Morgan fingerprint density at radius 2 is 1.44 bits per heavy atom. The number of halogens is 4. The SMILES string of the molecule is O=C(O)Oc1cc(OC(=O)O)c(C(=O)N(Cc2ccc(F)c(C(F)(F)F)c2)[C@H]2CCCc3ccccc32)cc1OC(=O)O. The molecular weight excluding hydrogens is 586 g/mol. The Morgan fingerprint density at radius 1 is 0.837 bits per heavy atom. The first-order chi connectivity index (χ1) is 20.2. The van der Waals surface area contributed by atoms with E-state index >= 15 is 0 Å². The summed E-state index contributed by atoms with van der Waals surface area (Å²) >= 11 is 0. The largest absolute Gasteiger partial charge is 0.511 e. The van der Waals surface area contributed by atoms with E-state index in [0.717, 1.165) is 16.5 Å². The molecule has 0 aromatic heterocycles. The van der Waals surface area contributed by atoms with Gasteiger partial charge in [0, 0.05) is 18.7 Å². The Kier molecular flexibility index (Phi) is 8.73. The maximum absolute atomic E-state index is 14.2. The molecule has 0 aliphatic heterocycles. The average Bonchev–Trinajstić information content (AvgIpc) is 2.92. The highest BCUT2D eigenvalue weighted by molar-refractivity contribution is 5.99. The van der Waals surface area contributed by atoms with Crippen LogP contribution in [0.2, 0.25) is 0 Å². The summed E-state index contributed by atoms with van der Waals surface area (Å²) < 4.78 is 68.2. The van der Waals surface area contributed by atoms with Crippen LogP contribution < -0.4 is 14.2 Å². The van der Waals surface area contributed by atoms with E-state index < -0.39 is 77.3 Å². The standard InChI is InChI=1S/C28H21F4NO10/c29-19-9-8-14(10-18(19)28(30,31)32)13-33(20-7-3-5-15-4-1-2-6-16(15)20)24(34)17-11-22(42-26(37)38)23(43-27(39)40)12-21(17)41-25(35)36/h1-2,4,6,8-12,20H,3,5,7,13H2,(H,35,36)(H,37,38)(H,39,40)/t20-/m0/s1. The number of hydrogen-bond acceptors (Lipinski definition) is 7. The van der Waals surface area contributed by atoms with Crippen molar-refractivity contribution in [2.24, 2.45) is 0 Å². The Morgan fingerprint density at radius 3 is 2.07 bits per heavy atom. The number of carbonyl (C=O) groups is 4. The predicted octanol–water partition coefficient (Wildman–Crippen LogP) is 6.73. The summed E-state index contributed by atoms with van der Waals surface area (Å²) in [5.74, 6) is -5.01. The van der Waals surface area contributed by atoms with Crippen molar-refractivity contribution in [3.63, 3.8) is 0 Å². The molecule has 1 amide bonds. The van der Waals surface area contributed by atoms with Gasteiger partial charge >= 0.3 is 24.6 Å². The van der Waals surface area contributed by atoms with Crippen molar-refractivity contribution in [3.05, 3.63) is 88.2 Å². The number of benzene rings is 3. The minimum atomic E-state index is -5.04. The Hall–Kier alpha value is -5.34. The van der Waals surface area contributed by atoms with Crippen molar-refractivity contribution in [1.82, 2.24) is 4.90 Å². The van der Waals surface area contributed by atoms with Crippen LogP contribution in [-0.2, 0) is 19.1 Å². The van der Waals surface area contributed by atoms with E-state index in [0.29, 0.717) is 49.1 Å². The van der Waals surface area contributed by atoms with Gasteiger partial charge in [-0.15, -0.1) is 0 Å². The van der Waals surface area contributed by atoms with E-state index in [2.05, 4.69) is 14.2 Å². The molecule has 43 heavy (non-hydrogen) atoms. The third-order valence-electron chi connectivity index (χ3n) is 6.53. The number of carboxylic acid groups (broad SMARTS) is 3. The van der Waals surface area contributed by atoms with Crippen LogP contribution in [0.4, 0.5) is 31.9 Å². The van der Waals surface area contributed by atoms with E-state index in [1.807, 2.05) is 0 Å². The molecule has 0 unspecified atom stereocenters. The van der Waals surface area contributed by atoms with E-state index in [-0.39, 0.29) is 5.56 Å². The van der Waals surface area contributed by atoms with Crippen molar-refractivity contribution in [2.45, 2.75) is 38.0 Å². The fraction of sp³-hybridized carbons (Fsp3) is 0.214. The third-order valence-corrected chi connectivity index (χ3v) is 6.53. The van der Waals surface area contributed by atoms with Crippen LogP contribution >= 0.6 is 0 Å². The summed E-state index contributed by atoms with van der Waals surface area (Å²) in [6, 6.07) is 9.68. The molecule has 11 nitrogen and oxygen atoms in total. The molecular formula is C28H21F4NO10. The molecule has 3 aromatic carbocycles. The lowest BCUT2D eigenvalue weighted by molar-refractivity contribution is -0.140. The van der Waals surface area contributed by atoms with Crippen LogP contribution in [0.25, 0.3) is 0 Å². The molecule has 1 atom stereocenters. The van der Waals surface area contributed by atoms with Gasteiger partial charge in [-0.1, -0.05) is 30.3 Å². The number of amides is 1. The van der Waals surface area contributed by atoms with Gasteiger partial charge in [-0.2, -0.15) is 13.2 Å². The number of hydrogen-bond donors (Lipinski definition) is 3. The molecule has 0 bridgehead atoms. The van der Waals surface area contributed by atoms with Gasteiger partial charge in [0.05, 0.1) is 17.2 Å². The van der Waals surface area contributed by atoms with Crippen molar-refractivity contribution >= 4 is 24.4 Å². The molecule has 226 valence electrons. The molecule has 15 heteroatoms. The molecule has 4 rings (SSSR count). The van der Waals surface area contributed by atoms with Crippen LogP contribution in [0, 0.1) is 5.82 Å². The molecule has 3 aromatic rings. The predicted molar refractivity (Wildman–Crippen MR) is 136 cm³/mol. The first-order valence-electron chi connectivity index (χ1n) is 12.4. The summed E-state index contributed by atoms with van der Waals surface area (Å²) in [6.07, 6.45) is -9.35. The minimum absolute atomic E-state index is 0.126. The van der Waals surface area contributed by atoms with Crippen LogP contribution in [-0.4, -0.2) is 44.6 Å². The van der Waals surface area contributed by atoms with Gasteiger partial charge in [0.1, 0.15) is 5.82 Å². The minimum Gasteiger partial charge on any atom is -0.449 e. The lowest BCUT2D eigenvalue weighted by Crippen LogP contribution is -2.36. The van der Waals surface area contributed by atoms with Crippen molar-refractivity contribution in [2.75, 3.05) is 0 Å². The van der Waals surface area contributed by atoms with Gasteiger partial charge in [-0.25, -0.2) is 18.8 Å². The quantitative estimate of drug-likeness (QED) is 0.149. The van der Waals surface area contributed by atoms with Gasteiger partial charge in [0.15, 0.2) is 17.2 Å². The van der Waals surface area contributed by atoms with Gasteiger partial charge in [-0.3, -0.25) is 4.79 Å². The highest BCUT2D eigenvalue weighted by Gasteiger charge is 2.36. The molecule has 1 aliphatic rings. The van der Waals surface area contributed by atoms with E-state index in [1.165, 1.54) is 0 Å². The second kappa shape index (κ2) is 12.3. The molecule has 0 fully saturated rings. The first-order valence-corrected chi connectivity index (χ1v) is 12.4. The molecule has 0 heterocycles. The smallest absolute Gasteiger partial charge is 0.449 e. The Balaban J connectivity index is 1.90. The summed E-state index contributed by atoms with van der Waals surface area (Å²) in [5, 5.41) is 27.4. The zero-order valence-corrected chi connectivity index (χ0v) is 21.8. The van der Waals surface area contributed by atoms with Crippen LogP contribution in [0.3, 0.4) is 0 Å². The zero-order chi connectivity index (χ0) is 31.5. The van der Waals surface area contributed by atoms with Gasteiger partial charge in [0.25, 0.3) is 5.91 Å². The number of alkyl halides is 3.